The molecule has 4 nitrogen and oxygen atoms in total. The SMILES string of the molecule is CCOc1ncccc1CNC(=O)c1ccc(Br)s1. The first-order valence-electron chi connectivity index (χ1n) is 5.81. The Morgan fingerprint density at radius 3 is 3.00 bits per heavy atom. The summed E-state index contributed by atoms with van der Waals surface area (Å²) < 4.78 is 6.35. The molecular formula is C13H13BrN2O2S. The van der Waals surface area contributed by atoms with Gasteiger partial charge in [0.25, 0.3) is 5.91 Å². The number of rotatable bonds is 5. The van der Waals surface area contributed by atoms with Crippen molar-refractivity contribution in [3.05, 3.63) is 44.7 Å². The molecule has 0 fully saturated rings. The van der Waals surface area contributed by atoms with Crippen molar-refractivity contribution >= 4 is 33.2 Å². The van der Waals surface area contributed by atoms with Crippen LogP contribution in [0.15, 0.2) is 34.2 Å². The van der Waals surface area contributed by atoms with Crippen LogP contribution in [0.5, 0.6) is 5.88 Å². The van der Waals surface area contributed by atoms with Gasteiger partial charge in [0, 0.05) is 18.3 Å². The van der Waals surface area contributed by atoms with Crippen molar-refractivity contribution in [2.75, 3.05) is 6.61 Å². The fraction of sp³-hybridized carbons (Fsp3) is 0.231. The van der Waals surface area contributed by atoms with E-state index in [4.69, 9.17) is 4.74 Å². The largest absolute Gasteiger partial charge is 0.478 e. The zero-order valence-electron chi connectivity index (χ0n) is 10.4. The van der Waals surface area contributed by atoms with Crippen molar-refractivity contribution in [1.29, 1.82) is 0 Å². The Balaban J connectivity index is 2.00. The molecule has 0 bridgehead atoms. The van der Waals surface area contributed by atoms with E-state index in [2.05, 4.69) is 26.2 Å². The van der Waals surface area contributed by atoms with E-state index in [1.54, 1.807) is 12.3 Å². The third kappa shape index (κ3) is 3.78. The van der Waals surface area contributed by atoms with E-state index >= 15 is 0 Å². The topological polar surface area (TPSA) is 51.2 Å². The highest BCUT2D eigenvalue weighted by Crippen LogP contribution is 2.22. The van der Waals surface area contributed by atoms with Gasteiger partial charge in [-0.15, -0.1) is 11.3 Å². The minimum Gasteiger partial charge on any atom is -0.478 e. The highest BCUT2D eigenvalue weighted by molar-refractivity contribution is 9.11. The summed E-state index contributed by atoms with van der Waals surface area (Å²) in [6, 6.07) is 7.36. The molecule has 2 rings (SSSR count). The van der Waals surface area contributed by atoms with E-state index in [-0.39, 0.29) is 5.91 Å². The van der Waals surface area contributed by atoms with E-state index in [0.29, 0.717) is 23.9 Å². The molecule has 1 N–H and O–H groups in total. The molecule has 0 aliphatic carbocycles. The summed E-state index contributed by atoms with van der Waals surface area (Å²) in [5.74, 6) is 0.472. The zero-order chi connectivity index (χ0) is 13.7. The van der Waals surface area contributed by atoms with Crippen molar-refractivity contribution in [1.82, 2.24) is 10.3 Å². The van der Waals surface area contributed by atoms with Gasteiger partial charge in [0.15, 0.2) is 0 Å². The van der Waals surface area contributed by atoms with Crippen LogP contribution in [0.3, 0.4) is 0 Å². The molecule has 100 valence electrons. The van der Waals surface area contributed by atoms with Gasteiger partial charge in [0.2, 0.25) is 5.88 Å². The van der Waals surface area contributed by atoms with E-state index in [1.807, 2.05) is 25.1 Å². The molecule has 0 aromatic carbocycles. The first-order chi connectivity index (χ1) is 9.20. The number of carbonyl (C=O) groups excluding carboxylic acids is 1. The van der Waals surface area contributed by atoms with Gasteiger partial charge in [-0.05, 0) is 41.1 Å². The average Bonchev–Trinajstić information content (AvgIpc) is 2.84. The van der Waals surface area contributed by atoms with Crippen LogP contribution in [0.4, 0.5) is 0 Å². The predicted molar refractivity (Wildman–Crippen MR) is 78.6 cm³/mol. The Kier molecular flexibility index (Phi) is 4.93. The Bertz CT molecular complexity index is 571. The molecule has 6 heteroatoms. The van der Waals surface area contributed by atoms with E-state index in [9.17, 15) is 4.79 Å². The number of nitrogens with one attached hydrogen (secondary N) is 1. The van der Waals surface area contributed by atoms with Crippen LogP contribution in [0.1, 0.15) is 22.2 Å². The quantitative estimate of drug-likeness (QED) is 0.908. The maximum absolute atomic E-state index is 11.9. The van der Waals surface area contributed by atoms with Gasteiger partial charge < -0.3 is 10.1 Å². The fourth-order valence-corrected chi connectivity index (χ4v) is 2.83. The van der Waals surface area contributed by atoms with Crippen LogP contribution in [0.25, 0.3) is 0 Å². The molecule has 2 aromatic rings. The van der Waals surface area contributed by atoms with Crippen LogP contribution in [0, 0.1) is 0 Å². The summed E-state index contributed by atoms with van der Waals surface area (Å²) >= 11 is 4.74. The first kappa shape index (κ1) is 14.0. The monoisotopic (exact) mass is 340 g/mol. The summed E-state index contributed by atoms with van der Waals surface area (Å²) in [5, 5.41) is 2.86. The third-order valence-corrected chi connectivity index (χ3v) is 3.99. The predicted octanol–water partition coefficient (Wildman–Crippen LogP) is 3.23. The summed E-state index contributed by atoms with van der Waals surface area (Å²) in [6.07, 6.45) is 1.67. The molecule has 2 heterocycles. The number of carbonyl (C=O) groups is 1. The lowest BCUT2D eigenvalue weighted by atomic mass is 10.2. The minimum atomic E-state index is -0.0954. The zero-order valence-corrected chi connectivity index (χ0v) is 12.8. The average molecular weight is 341 g/mol. The molecular weight excluding hydrogens is 328 g/mol. The highest BCUT2D eigenvalue weighted by Gasteiger charge is 2.10. The number of hydrogen-bond acceptors (Lipinski definition) is 4. The second kappa shape index (κ2) is 6.68. The van der Waals surface area contributed by atoms with Crippen molar-refractivity contribution in [2.45, 2.75) is 13.5 Å². The van der Waals surface area contributed by atoms with Gasteiger partial charge in [-0.3, -0.25) is 4.79 Å². The maximum Gasteiger partial charge on any atom is 0.261 e. The minimum absolute atomic E-state index is 0.0954. The molecule has 0 unspecified atom stereocenters. The lowest BCUT2D eigenvalue weighted by Crippen LogP contribution is -2.22. The number of nitrogens with zero attached hydrogens (tertiary/aromatic N) is 1. The standard InChI is InChI=1S/C13H13BrN2O2S/c1-2-18-13-9(4-3-7-15-13)8-16-12(17)10-5-6-11(14)19-10/h3-7H,2,8H2,1H3,(H,16,17). The molecule has 0 radical (unpaired) electrons. The summed E-state index contributed by atoms with van der Waals surface area (Å²) in [6.45, 7) is 2.85. The number of amides is 1. The number of hydrogen-bond donors (Lipinski definition) is 1. The van der Waals surface area contributed by atoms with Gasteiger partial charge >= 0.3 is 0 Å². The second-order valence-corrected chi connectivity index (χ2v) is 6.15. The molecule has 0 aliphatic rings. The number of halogens is 1. The summed E-state index contributed by atoms with van der Waals surface area (Å²) in [4.78, 5) is 16.7. The van der Waals surface area contributed by atoms with Crippen molar-refractivity contribution < 1.29 is 9.53 Å². The van der Waals surface area contributed by atoms with Crippen molar-refractivity contribution in [3.63, 3.8) is 0 Å². The van der Waals surface area contributed by atoms with Gasteiger partial charge in [-0.25, -0.2) is 4.98 Å². The second-order valence-electron chi connectivity index (χ2n) is 3.69. The van der Waals surface area contributed by atoms with Crippen LogP contribution in [0.2, 0.25) is 0 Å². The Hall–Kier alpha value is -1.40. The van der Waals surface area contributed by atoms with Gasteiger partial charge in [-0.1, -0.05) is 6.07 Å². The normalized spacial score (nSPS) is 10.2. The van der Waals surface area contributed by atoms with Gasteiger partial charge in [-0.2, -0.15) is 0 Å². The fourth-order valence-electron chi connectivity index (χ4n) is 1.52. The number of pyridine rings is 1. The van der Waals surface area contributed by atoms with Crippen molar-refractivity contribution in [2.24, 2.45) is 0 Å². The van der Waals surface area contributed by atoms with Gasteiger partial charge in [0.1, 0.15) is 0 Å². The number of thiophene rings is 1. The lowest BCUT2D eigenvalue weighted by molar-refractivity contribution is 0.0954. The summed E-state index contributed by atoms with van der Waals surface area (Å²) in [7, 11) is 0. The third-order valence-electron chi connectivity index (χ3n) is 2.37. The highest BCUT2D eigenvalue weighted by atomic mass is 79.9. The maximum atomic E-state index is 11.9. The molecule has 1 amide bonds. The van der Waals surface area contributed by atoms with Gasteiger partial charge in [0.05, 0.1) is 15.3 Å². The van der Waals surface area contributed by atoms with E-state index < -0.39 is 0 Å². The van der Waals surface area contributed by atoms with Crippen molar-refractivity contribution in [3.8, 4) is 5.88 Å². The molecule has 2 aromatic heterocycles. The Morgan fingerprint density at radius 2 is 2.32 bits per heavy atom. The van der Waals surface area contributed by atoms with E-state index in [0.717, 1.165) is 9.35 Å². The number of ether oxygens (including phenoxy) is 1. The summed E-state index contributed by atoms with van der Waals surface area (Å²) in [5.41, 5.74) is 0.869. The molecule has 0 saturated heterocycles. The Labute approximate surface area is 124 Å². The van der Waals surface area contributed by atoms with Crippen LogP contribution < -0.4 is 10.1 Å². The number of aromatic nitrogens is 1. The molecule has 19 heavy (non-hydrogen) atoms. The van der Waals surface area contributed by atoms with Crippen LogP contribution >= 0.6 is 27.3 Å². The first-order valence-corrected chi connectivity index (χ1v) is 7.42. The molecule has 0 aliphatic heterocycles. The van der Waals surface area contributed by atoms with Crippen LogP contribution in [-0.4, -0.2) is 17.5 Å². The molecule has 0 saturated carbocycles. The van der Waals surface area contributed by atoms with Crippen LogP contribution in [-0.2, 0) is 6.54 Å². The smallest absolute Gasteiger partial charge is 0.261 e. The lowest BCUT2D eigenvalue weighted by Gasteiger charge is -2.09. The molecule has 0 atom stereocenters. The Morgan fingerprint density at radius 1 is 1.47 bits per heavy atom. The molecule has 0 spiro atoms. The van der Waals surface area contributed by atoms with E-state index in [1.165, 1.54) is 11.3 Å².